The molecule has 2 aliphatic rings. The van der Waals surface area contributed by atoms with Gasteiger partial charge in [-0.05, 0) is 61.2 Å². The van der Waals surface area contributed by atoms with Crippen LogP contribution in [0, 0.1) is 11.8 Å². The van der Waals surface area contributed by atoms with Gasteiger partial charge in [0, 0.05) is 49.3 Å². The molecule has 2 amide bonds. The van der Waals surface area contributed by atoms with Crippen molar-refractivity contribution in [2.75, 3.05) is 56.6 Å². The maximum atomic E-state index is 13.0. The lowest BCUT2D eigenvalue weighted by Crippen LogP contribution is -2.50. The van der Waals surface area contributed by atoms with Gasteiger partial charge >= 0.3 is 0 Å². The first kappa shape index (κ1) is 28.8. The van der Waals surface area contributed by atoms with E-state index < -0.39 is 0 Å². The standard InChI is InChI=1S/C32H34N6O4/c1-2-7-31(40)38-14-12-37(13-15-38)22-30(39)34-26-18-24-19-27(21-26)35-32-33-11-10-29(36-32)25-8-6-9-28(20-25)42-17-5-3-4-16-41-23-24/h3-4,6,8-11,18-21H,5,12-17,22-23H2,1H3,(H,34,39)(H,33,35,36)/b4-3+. The topological polar surface area (TPSA) is 109 Å². The second-order valence-corrected chi connectivity index (χ2v) is 9.95. The van der Waals surface area contributed by atoms with Crippen molar-refractivity contribution in [3.8, 4) is 28.8 Å². The summed E-state index contributed by atoms with van der Waals surface area (Å²) in [5.41, 5.74) is 3.94. The van der Waals surface area contributed by atoms with Gasteiger partial charge in [-0.25, -0.2) is 9.97 Å². The summed E-state index contributed by atoms with van der Waals surface area (Å²) in [5, 5.41) is 6.31. The molecule has 2 N–H and O–H groups in total. The number of nitrogens with zero attached hydrogens (tertiary/aromatic N) is 4. The zero-order valence-corrected chi connectivity index (χ0v) is 23.6. The highest BCUT2D eigenvalue weighted by Gasteiger charge is 2.21. The van der Waals surface area contributed by atoms with Crippen LogP contribution < -0.4 is 15.4 Å². The molecule has 1 fully saturated rings. The summed E-state index contributed by atoms with van der Waals surface area (Å²) in [7, 11) is 0. The van der Waals surface area contributed by atoms with Gasteiger partial charge in [-0.3, -0.25) is 14.5 Å². The Morgan fingerprint density at radius 1 is 1.07 bits per heavy atom. The van der Waals surface area contributed by atoms with Crippen LogP contribution in [0.3, 0.4) is 0 Å². The maximum Gasteiger partial charge on any atom is 0.298 e. The molecule has 0 aliphatic carbocycles. The van der Waals surface area contributed by atoms with Gasteiger partial charge in [-0.2, -0.15) is 0 Å². The monoisotopic (exact) mass is 566 g/mol. The number of benzene rings is 2. The van der Waals surface area contributed by atoms with Gasteiger partial charge in [0.15, 0.2) is 0 Å². The van der Waals surface area contributed by atoms with Crippen LogP contribution in [0.4, 0.5) is 17.3 Å². The highest BCUT2D eigenvalue weighted by atomic mass is 16.5. The lowest BCUT2D eigenvalue weighted by atomic mass is 10.1. The molecule has 3 heterocycles. The lowest BCUT2D eigenvalue weighted by Gasteiger charge is -2.33. The Hall–Kier alpha value is -4.72. The minimum Gasteiger partial charge on any atom is -0.493 e. The van der Waals surface area contributed by atoms with E-state index in [0.717, 1.165) is 34.7 Å². The Bertz CT molecular complexity index is 1500. The number of carbonyl (C=O) groups is 2. The molecule has 0 atom stereocenters. The fourth-order valence-electron chi connectivity index (χ4n) is 4.75. The molecule has 3 aromatic rings. The van der Waals surface area contributed by atoms with Gasteiger partial charge in [0.2, 0.25) is 11.9 Å². The number of aromatic nitrogens is 2. The second-order valence-electron chi connectivity index (χ2n) is 9.95. The van der Waals surface area contributed by atoms with Crippen LogP contribution in [0.15, 0.2) is 66.9 Å². The molecule has 216 valence electrons. The smallest absolute Gasteiger partial charge is 0.298 e. The molecule has 5 rings (SSSR count). The largest absolute Gasteiger partial charge is 0.493 e. The van der Waals surface area contributed by atoms with Crippen LogP contribution >= 0.6 is 0 Å². The van der Waals surface area contributed by atoms with Gasteiger partial charge in [0.1, 0.15) is 5.75 Å². The van der Waals surface area contributed by atoms with Gasteiger partial charge in [0.05, 0.1) is 32.1 Å². The average molecular weight is 567 g/mol. The molecule has 10 heteroatoms. The van der Waals surface area contributed by atoms with Crippen LogP contribution in [0.2, 0.25) is 0 Å². The van der Waals surface area contributed by atoms with E-state index >= 15 is 0 Å². The number of piperazine rings is 1. The van der Waals surface area contributed by atoms with E-state index in [9.17, 15) is 9.59 Å². The minimum absolute atomic E-state index is 0.134. The summed E-state index contributed by atoms with van der Waals surface area (Å²) in [4.78, 5) is 37.9. The van der Waals surface area contributed by atoms with E-state index in [0.29, 0.717) is 57.6 Å². The Morgan fingerprint density at radius 3 is 2.81 bits per heavy atom. The maximum absolute atomic E-state index is 13.0. The summed E-state index contributed by atoms with van der Waals surface area (Å²) in [6, 6.07) is 15.4. The Kier molecular flexibility index (Phi) is 9.77. The average Bonchev–Trinajstić information content (AvgIpc) is 2.99. The summed E-state index contributed by atoms with van der Waals surface area (Å²) < 4.78 is 11.8. The molecule has 0 saturated carbocycles. The Morgan fingerprint density at radius 2 is 1.95 bits per heavy atom. The number of ether oxygens (including phenoxy) is 2. The molecule has 42 heavy (non-hydrogen) atoms. The van der Waals surface area contributed by atoms with Crippen LogP contribution in [0.25, 0.3) is 11.3 Å². The van der Waals surface area contributed by atoms with E-state index in [1.807, 2.05) is 65.6 Å². The molecule has 1 aromatic heterocycles. The first-order chi connectivity index (χ1) is 20.6. The number of anilines is 3. The third kappa shape index (κ3) is 8.16. The molecular weight excluding hydrogens is 532 g/mol. The van der Waals surface area contributed by atoms with Crippen molar-refractivity contribution < 1.29 is 19.1 Å². The molecule has 0 unspecified atom stereocenters. The molecule has 10 nitrogen and oxygen atoms in total. The molecular formula is C32H34N6O4. The van der Waals surface area contributed by atoms with E-state index in [1.165, 1.54) is 0 Å². The van der Waals surface area contributed by atoms with E-state index in [-0.39, 0.29) is 18.4 Å². The zero-order chi connectivity index (χ0) is 29.1. The predicted molar refractivity (Wildman–Crippen MR) is 161 cm³/mol. The fourth-order valence-corrected chi connectivity index (χ4v) is 4.75. The summed E-state index contributed by atoms with van der Waals surface area (Å²) in [5.74, 6) is 6.13. The number of carbonyl (C=O) groups excluding carboxylic acids is 2. The van der Waals surface area contributed by atoms with Gasteiger partial charge in [-0.15, -0.1) is 0 Å². The molecule has 2 aliphatic heterocycles. The predicted octanol–water partition coefficient (Wildman–Crippen LogP) is 3.85. The van der Waals surface area contributed by atoms with Crippen molar-refractivity contribution in [2.45, 2.75) is 20.0 Å². The lowest BCUT2D eigenvalue weighted by molar-refractivity contribution is -0.127. The summed E-state index contributed by atoms with van der Waals surface area (Å²) >= 11 is 0. The van der Waals surface area contributed by atoms with Crippen molar-refractivity contribution in [3.63, 3.8) is 0 Å². The number of rotatable bonds is 3. The number of fused-ring (bicyclic) bond motifs is 7. The molecule has 0 radical (unpaired) electrons. The quantitative estimate of drug-likeness (QED) is 0.364. The van der Waals surface area contributed by atoms with E-state index in [2.05, 4.69) is 27.5 Å². The normalized spacial score (nSPS) is 16.4. The van der Waals surface area contributed by atoms with Gasteiger partial charge in [-0.1, -0.05) is 30.2 Å². The van der Waals surface area contributed by atoms with Crippen LogP contribution in [0.1, 0.15) is 18.9 Å². The number of hydrogen-bond donors (Lipinski definition) is 2. The third-order valence-electron chi connectivity index (χ3n) is 6.78. The highest BCUT2D eigenvalue weighted by molar-refractivity contribution is 5.94. The molecule has 1 saturated heterocycles. The van der Waals surface area contributed by atoms with Gasteiger partial charge in [0.25, 0.3) is 5.91 Å². The number of amides is 2. The summed E-state index contributed by atoms with van der Waals surface area (Å²) in [6.45, 7) is 5.58. The Balaban J connectivity index is 1.31. The zero-order valence-electron chi connectivity index (χ0n) is 23.6. The van der Waals surface area contributed by atoms with Gasteiger partial charge < -0.3 is 25.0 Å². The van der Waals surface area contributed by atoms with Crippen LogP contribution in [-0.2, 0) is 20.9 Å². The highest BCUT2D eigenvalue weighted by Crippen LogP contribution is 2.26. The van der Waals surface area contributed by atoms with E-state index in [1.54, 1.807) is 18.0 Å². The van der Waals surface area contributed by atoms with Crippen molar-refractivity contribution in [3.05, 3.63) is 72.4 Å². The second kappa shape index (κ2) is 14.3. The SMILES string of the molecule is CC#CC(=O)N1CCN(CC(=O)Nc2cc3cc(c2)Nc2nccc(n2)-c2cccc(c2)OCC/C=C/COC3)CC1. The fraction of sp³-hybridized carbons (Fsp3) is 0.312. The van der Waals surface area contributed by atoms with Crippen LogP contribution in [-0.4, -0.2) is 77.5 Å². The van der Waals surface area contributed by atoms with Crippen LogP contribution in [0.5, 0.6) is 5.75 Å². The third-order valence-corrected chi connectivity index (χ3v) is 6.78. The van der Waals surface area contributed by atoms with Crippen molar-refractivity contribution >= 4 is 29.1 Å². The van der Waals surface area contributed by atoms with E-state index in [4.69, 9.17) is 14.5 Å². The van der Waals surface area contributed by atoms with Crippen molar-refractivity contribution in [1.82, 2.24) is 19.8 Å². The first-order valence-electron chi connectivity index (χ1n) is 14.0. The molecule has 6 bridgehead atoms. The minimum atomic E-state index is -0.170. The number of nitrogens with one attached hydrogen (secondary N) is 2. The number of hydrogen-bond acceptors (Lipinski definition) is 8. The Labute approximate surface area is 245 Å². The van der Waals surface area contributed by atoms with Crippen molar-refractivity contribution in [1.29, 1.82) is 0 Å². The van der Waals surface area contributed by atoms with Crippen molar-refractivity contribution in [2.24, 2.45) is 0 Å². The summed E-state index contributed by atoms with van der Waals surface area (Å²) in [6.07, 6.45) is 6.49. The molecule has 0 spiro atoms. The molecule has 2 aromatic carbocycles. The first-order valence-corrected chi connectivity index (χ1v) is 14.0.